The molecule has 3 aromatic heterocycles. The Hall–Kier alpha value is -4.21. The van der Waals surface area contributed by atoms with Crippen molar-refractivity contribution >= 4 is 27.9 Å². The molecular formula is C32H26N3O2Pt-. The molecule has 5 nitrogen and oxygen atoms in total. The first-order valence-electron chi connectivity index (χ1n) is 12.0. The average molecular weight is 680 g/mol. The molecule has 0 atom stereocenters. The zero-order valence-electron chi connectivity index (χ0n) is 21.0. The fourth-order valence-electron chi connectivity index (χ4n) is 4.47. The maximum absolute atomic E-state index is 10.0. The first-order valence-corrected chi connectivity index (χ1v) is 12.0. The molecule has 0 fully saturated rings. The van der Waals surface area contributed by atoms with Crippen LogP contribution in [0.3, 0.4) is 0 Å². The van der Waals surface area contributed by atoms with Crippen LogP contribution in [0.5, 0.6) is 0 Å². The molecule has 0 bridgehead atoms. The Morgan fingerprint density at radius 3 is 1.87 bits per heavy atom. The van der Waals surface area contributed by atoms with Crippen LogP contribution in [-0.4, -0.2) is 25.0 Å². The summed E-state index contributed by atoms with van der Waals surface area (Å²) in [6.45, 7) is 2.85. The summed E-state index contributed by atoms with van der Waals surface area (Å²) in [4.78, 5) is 14.7. The van der Waals surface area contributed by atoms with Crippen molar-refractivity contribution in [3.05, 3.63) is 127 Å². The SMILES string of the molecule is CC(=O)/C=C(/C)O.[Pt].[c-]1c(-c2ccccc2)n(-c2ccccc2)c2c1c1ncccc1n2-c1ccccc1. The number of pyridine rings is 1. The third-order valence-corrected chi connectivity index (χ3v) is 5.87. The van der Waals surface area contributed by atoms with Gasteiger partial charge in [0.15, 0.2) is 5.78 Å². The molecule has 6 rings (SSSR count). The number of aliphatic hydroxyl groups excluding tert-OH is 1. The van der Waals surface area contributed by atoms with Gasteiger partial charge in [-0.05, 0) is 55.9 Å². The van der Waals surface area contributed by atoms with Gasteiger partial charge in [-0.2, -0.15) is 0 Å². The second kappa shape index (κ2) is 11.9. The van der Waals surface area contributed by atoms with Crippen LogP contribution in [0.15, 0.2) is 121 Å². The summed E-state index contributed by atoms with van der Waals surface area (Å²) in [5.74, 6) is -0.0625. The number of nitrogens with zero attached hydrogens (tertiary/aromatic N) is 3. The summed E-state index contributed by atoms with van der Waals surface area (Å²) in [7, 11) is 0. The van der Waals surface area contributed by atoms with Gasteiger partial charge in [0.05, 0.1) is 5.76 Å². The quantitative estimate of drug-likeness (QED) is 0.120. The topological polar surface area (TPSA) is 60.0 Å². The predicted molar refractivity (Wildman–Crippen MR) is 149 cm³/mol. The smallest absolute Gasteiger partial charge is 0.155 e. The molecule has 0 radical (unpaired) electrons. The first-order chi connectivity index (χ1) is 18.0. The van der Waals surface area contributed by atoms with Crippen LogP contribution >= 0.6 is 0 Å². The van der Waals surface area contributed by atoms with Crippen molar-refractivity contribution in [2.75, 3.05) is 0 Å². The molecule has 0 saturated heterocycles. The minimum atomic E-state index is -0.125. The standard InChI is InChI=1S/C27H18N3.C5H8O2.Pt/c1-4-11-20(12-5-1)25-19-23-26-24(17-10-18-28-26)29(21-13-6-2-7-14-21)27(23)30(25)22-15-8-3-9-16-22;1-4(6)3-5(2)7;/h1-18H;3,6H,1-2H3;/q-1;;/b;4-3-;. The van der Waals surface area contributed by atoms with E-state index in [1.54, 1.807) is 0 Å². The van der Waals surface area contributed by atoms with Gasteiger partial charge in [0.2, 0.25) is 0 Å². The third kappa shape index (κ3) is 5.39. The van der Waals surface area contributed by atoms with Crippen LogP contribution in [0.25, 0.3) is 44.7 Å². The molecule has 0 aliphatic heterocycles. The molecule has 3 heterocycles. The Bertz CT molecular complexity index is 1700. The Morgan fingerprint density at radius 2 is 1.34 bits per heavy atom. The Labute approximate surface area is 236 Å². The number of fused-ring (bicyclic) bond motifs is 3. The van der Waals surface area contributed by atoms with Crippen LogP contribution < -0.4 is 0 Å². The monoisotopic (exact) mass is 679 g/mol. The van der Waals surface area contributed by atoms with Gasteiger partial charge in [0, 0.05) is 61.4 Å². The number of benzene rings is 3. The summed E-state index contributed by atoms with van der Waals surface area (Å²) in [6.07, 6.45) is 3.02. The van der Waals surface area contributed by atoms with Crippen LogP contribution in [-0.2, 0) is 25.9 Å². The Balaban J connectivity index is 0.000000375. The molecule has 0 aliphatic carbocycles. The summed E-state index contributed by atoms with van der Waals surface area (Å²) >= 11 is 0. The van der Waals surface area contributed by atoms with Gasteiger partial charge >= 0.3 is 0 Å². The van der Waals surface area contributed by atoms with E-state index in [2.05, 4.69) is 94.1 Å². The van der Waals surface area contributed by atoms with Gasteiger partial charge in [0.25, 0.3) is 0 Å². The minimum absolute atomic E-state index is 0. The van der Waals surface area contributed by atoms with Crippen LogP contribution in [0.1, 0.15) is 13.8 Å². The molecule has 0 saturated carbocycles. The van der Waals surface area contributed by atoms with Crippen molar-refractivity contribution in [2.45, 2.75) is 13.8 Å². The maximum atomic E-state index is 10.0. The van der Waals surface area contributed by atoms with E-state index in [0.29, 0.717) is 0 Å². The Kier molecular flexibility index (Phi) is 8.40. The fraction of sp³-hybridized carbons (Fsp3) is 0.0625. The number of para-hydroxylation sites is 2. The van der Waals surface area contributed by atoms with Gasteiger partial charge in [-0.25, -0.2) is 0 Å². The van der Waals surface area contributed by atoms with E-state index in [0.717, 1.165) is 44.7 Å². The number of rotatable bonds is 4. The average Bonchev–Trinajstić information content (AvgIpc) is 3.45. The number of aromatic nitrogens is 3. The van der Waals surface area contributed by atoms with Crippen molar-refractivity contribution in [3.8, 4) is 22.6 Å². The molecule has 0 aliphatic rings. The second-order valence-electron chi connectivity index (χ2n) is 8.65. The number of ketones is 1. The van der Waals surface area contributed by atoms with Crippen LogP contribution in [0.4, 0.5) is 0 Å². The molecule has 0 unspecified atom stereocenters. The third-order valence-electron chi connectivity index (χ3n) is 5.87. The number of aliphatic hydroxyl groups is 1. The number of carbonyl (C=O) groups excluding carboxylic acids is 1. The van der Waals surface area contributed by atoms with Crippen LogP contribution in [0, 0.1) is 6.07 Å². The molecular weight excluding hydrogens is 653 g/mol. The fourth-order valence-corrected chi connectivity index (χ4v) is 4.47. The van der Waals surface area contributed by atoms with Crippen molar-refractivity contribution in [3.63, 3.8) is 0 Å². The Morgan fingerprint density at radius 1 is 0.789 bits per heavy atom. The normalized spacial score (nSPS) is 11.1. The van der Waals surface area contributed by atoms with E-state index in [9.17, 15) is 4.79 Å². The van der Waals surface area contributed by atoms with E-state index < -0.39 is 0 Å². The molecule has 6 aromatic rings. The molecule has 0 amide bonds. The molecule has 38 heavy (non-hydrogen) atoms. The van der Waals surface area contributed by atoms with Gasteiger partial charge < -0.3 is 19.2 Å². The molecule has 0 spiro atoms. The van der Waals surface area contributed by atoms with Crippen molar-refractivity contribution in [1.29, 1.82) is 0 Å². The van der Waals surface area contributed by atoms with E-state index in [4.69, 9.17) is 10.1 Å². The first kappa shape index (κ1) is 26.8. The van der Waals surface area contributed by atoms with E-state index >= 15 is 0 Å². The van der Waals surface area contributed by atoms with Gasteiger partial charge in [-0.3, -0.25) is 4.79 Å². The largest absolute Gasteiger partial charge is 0.512 e. The second-order valence-corrected chi connectivity index (χ2v) is 8.65. The summed E-state index contributed by atoms with van der Waals surface area (Å²) < 4.78 is 4.58. The molecule has 192 valence electrons. The summed E-state index contributed by atoms with van der Waals surface area (Å²) in [6, 6.07) is 39.2. The molecule has 1 N–H and O–H groups in total. The molecule has 6 heteroatoms. The predicted octanol–water partition coefficient (Wildman–Crippen LogP) is 7.47. The van der Waals surface area contributed by atoms with E-state index in [1.165, 1.54) is 19.9 Å². The van der Waals surface area contributed by atoms with Gasteiger partial charge in [-0.15, -0.1) is 6.07 Å². The van der Waals surface area contributed by atoms with Crippen LogP contribution in [0.2, 0.25) is 0 Å². The van der Waals surface area contributed by atoms with E-state index in [1.807, 2.05) is 30.5 Å². The number of hydrogen-bond acceptors (Lipinski definition) is 3. The molecule has 3 aromatic carbocycles. The summed E-state index contributed by atoms with van der Waals surface area (Å²) in [5, 5.41) is 9.39. The summed E-state index contributed by atoms with van der Waals surface area (Å²) in [5.41, 5.74) is 7.47. The zero-order chi connectivity index (χ0) is 25.8. The number of hydrogen-bond donors (Lipinski definition) is 1. The minimum Gasteiger partial charge on any atom is -0.512 e. The van der Waals surface area contributed by atoms with Crippen molar-refractivity contribution < 1.29 is 31.0 Å². The number of allylic oxidation sites excluding steroid dienone is 2. The zero-order valence-corrected chi connectivity index (χ0v) is 23.3. The van der Waals surface area contributed by atoms with Gasteiger partial charge in [-0.1, -0.05) is 77.7 Å². The van der Waals surface area contributed by atoms with Crippen molar-refractivity contribution in [1.82, 2.24) is 14.1 Å². The number of carbonyl (C=O) groups is 1. The van der Waals surface area contributed by atoms with Gasteiger partial charge in [0.1, 0.15) is 0 Å². The van der Waals surface area contributed by atoms with Crippen molar-refractivity contribution in [2.24, 2.45) is 0 Å². The van der Waals surface area contributed by atoms with E-state index in [-0.39, 0.29) is 32.6 Å². The maximum Gasteiger partial charge on any atom is 0.155 e.